The Kier molecular flexibility index (Phi) is 5.59. The topological polar surface area (TPSA) is 69.6 Å². The summed E-state index contributed by atoms with van der Waals surface area (Å²) in [5, 5.41) is 12.4. The number of carbonyl (C=O) groups is 2. The lowest BCUT2D eigenvalue weighted by molar-refractivity contribution is -0.134. The minimum Gasteiger partial charge on any atom is -0.394 e. The third-order valence-electron chi connectivity index (χ3n) is 3.65. The minimum atomic E-state index is -0.330. The van der Waals surface area contributed by atoms with Gasteiger partial charge in [0.05, 0.1) is 19.2 Å². The number of rotatable bonds is 4. The normalized spacial score (nSPS) is 18.4. The number of aliphatic hydroxyl groups excluding tert-OH is 1. The van der Waals surface area contributed by atoms with E-state index in [1.54, 1.807) is 29.2 Å². The molecule has 1 aromatic carbocycles. The SMILES string of the molecule is O=C(NCC(=O)N1CCCCC1CO)c1cccc(Cl)c1. The number of nitrogens with zero attached hydrogens (tertiary/aromatic N) is 1. The van der Waals surface area contributed by atoms with Gasteiger partial charge in [-0.05, 0) is 37.5 Å². The second kappa shape index (κ2) is 7.43. The largest absolute Gasteiger partial charge is 0.394 e. The van der Waals surface area contributed by atoms with Crippen molar-refractivity contribution >= 4 is 23.4 Å². The first-order chi connectivity index (χ1) is 10.1. The van der Waals surface area contributed by atoms with E-state index in [0.717, 1.165) is 19.3 Å². The molecular weight excluding hydrogens is 292 g/mol. The van der Waals surface area contributed by atoms with E-state index in [1.165, 1.54) is 0 Å². The highest BCUT2D eigenvalue weighted by Crippen LogP contribution is 2.16. The Hall–Kier alpha value is -1.59. The van der Waals surface area contributed by atoms with Crippen LogP contribution in [0.4, 0.5) is 0 Å². The zero-order chi connectivity index (χ0) is 15.2. The molecule has 21 heavy (non-hydrogen) atoms. The van der Waals surface area contributed by atoms with Gasteiger partial charge in [0, 0.05) is 17.1 Å². The number of amides is 2. The van der Waals surface area contributed by atoms with E-state index < -0.39 is 0 Å². The van der Waals surface area contributed by atoms with E-state index in [1.807, 2.05) is 0 Å². The van der Waals surface area contributed by atoms with Crippen LogP contribution in [-0.4, -0.2) is 47.6 Å². The maximum atomic E-state index is 12.1. The molecule has 1 fully saturated rings. The van der Waals surface area contributed by atoms with Crippen molar-refractivity contribution in [3.63, 3.8) is 0 Å². The fourth-order valence-corrected chi connectivity index (χ4v) is 2.70. The molecule has 0 bridgehead atoms. The van der Waals surface area contributed by atoms with E-state index in [2.05, 4.69) is 5.32 Å². The molecule has 0 aliphatic carbocycles. The molecule has 2 N–H and O–H groups in total. The fraction of sp³-hybridized carbons (Fsp3) is 0.467. The first-order valence-electron chi connectivity index (χ1n) is 7.06. The molecule has 2 amide bonds. The van der Waals surface area contributed by atoms with Gasteiger partial charge in [-0.25, -0.2) is 0 Å². The van der Waals surface area contributed by atoms with Gasteiger partial charge < -0.3 is 15.3 Å². The molecule has 1 saturated heterocycles. The molecule has 114 valence electrons. The van der Waals surface area contributed by atoms with Crippen molar-refractivity contribution in [2.24, 2.45) is 0 Å². The summed E-state index contributed by atoms with van der Waals surface area (Å²) in [5.41, 5.74) is 0.424. The van der Waals surface area contributed by atoms with Crippen LogP contribution in [0.1, 0.15) is 29.6 Å². The van der Waals surface area contributed by atoms with Gasteiger partial charge >= 0.3 is 0 Å². The molecular formula is C15H19ClN2O3. The molecule has 5 nitrogen and oxygen atoms in total. The van der Waals surface area contributed by atoms with E-state index in [9.17, 15) is 14.7 Å². The van der Waals surface area contributed by atoms with E-state index >= 15 is 0 Å². The van der Waals surface area contributed by atoms with Gasteiger partial charge in [-0.15, -0.1) is 0 Å². The van der Waals surface area contributed by atoms with Gasteiger partial charge in [0.25, 0.3) is 5.91 Å². The highest BCUT2D eigenvalue weighted by Gasteiger charge is 2.26. The van der Waals surface area contributed by atoms with Crippen LogP contribution in [-0.2, 0) is 4.79 Å². The number of hydrogen-bond donors (Lipinski definition) is 2. The zero-order valence-corrected chi connectivity index (χ0v) is 12.5. The molecule has 1 heterocycles. The summed E-state index contributed by atoms with van der Waals surface area (Å²) in [6.07, 6.45) is 2.76. The lowest BCUT2D eigenvalue weighted by Crippen LogP contribution is -2.49. The first kappa shape index (κ1) is 15.8. The Morgan fingerprint density at radius 3 is 2.90 bits per heavy atom. The van der Waals surface area contributed by atoms with Crippen LogP contribution in [0.15, 0.2) is 24.3 Å². The number of nitrogens with one attached hydrogen (secondary N) is 1. The summed E-state index contributed by atoms with van der Waals surface area (Å²) in [6, 6.07) is 6.44. The monoisotopic (exact) mass is 310 g/mol. The zero-order valence-electron chi connectivity index (χ0n) is 11.7. The highest BCUT2D eigenvalue weighted by atomic mass is 35.5. The van der Waals surface area contributed by atoms with E-state index in [-0.39, 0.29) is 31.0 Å². The summed E-state index contributed by atoms with van der Waals surface area (Å²) >= 11 is 5.83. The number of halogens is 1. The third-order valence-corrected chi connectivity index (χ3v) is 3.88. The minimum absolute atomic E-state index is 0.0338. The Labute approximate surface area is 128 Å². The molecule has 6 heteroatoms. The predicted octanol–water partition coefficient (Wildman–Crippen LogP) is 1.44. The van der Waals surface area contributed by atoms with Crippen molar-refractivity contribution in [1.82, 2.24) is 10.2 Å². The number of likely N-dealkylation sites (tertiary alicyclic amines) is 1. The summed E-state index contributed by atoms with van der Waals surface area (Å²) in [7, 11) is 0. The maximum Gasteiger partial charge on any atom is 0.251 e. The summed E-state index contributed by atoms with van der Waals surface area (Å²) < 4.78 is 0. The second-order valence-electron chi connectivity index (χ2n) is 5.11. The smallest absolute Gasteiger partial charge is 0.251 e. The van der Waals surface area contributed by atoms with Gasteiger partial charge in [0.15, 0.2) is 0 Å². The van der Waals surface area contributed by atoms with Crippen LogP contribution in [0, 0.1) is 0 Å². The average Bonchev–Trinajstić information content (AvgIpc) is 2.52. The van der Waals surface area contributed by atoms with E-state index in [4.69, 9.17) is 11.6 Å². The van der Waals surface area contributed by atoms with Crippen molar-refractivity contribution < 1.29 is 14.7 Å². The Morgan fingerprint density at radius 1 is 1.38 bits per heavy atom. The molecule has 1 aromatic rings. The standard InChI is InChI=1S/C15H19ClN2O3/c16-12-5-3-4-11(8-12)15(21)17-9-14(20)18-7-2-1-6-13(18)10-19/h3-5,8,13,19H,1-2,6-7,9-10H2,(H,17,21). The Bertz CT molecular complexity index is 521. The maximum absolute atomic E-state index is 12.1. The van der Waals surface area contributed by atoms with Gasteiger partial charge in [0.1, 0.15) is 0 Å². The molecule has 0 aromatic heterocycles. The highest BCUT2D eigenvalue weighted by molar-refractivity contribution is 6.30. The number of piperidine rings is 1. The number of carbonyl (C=O) groups excluding carboxylic acids is 2. The predicted molar refractivity (Wildman–Crippen MR) is 80.2 cm³/mol. The molecule has 0 saturated carbocycles. The molecule has 2 rings (SSSR count). The molecule has 0 spiro atoms. The Balaban J connectivity index is 1.90. The van der Waals surface area contributed by atoms with Gasteiger partial charge in [0.2, 0.25) is 5.91 Å². The lowest BCUT2D eigenvalue weighted by atomic mass is 10.0. The van der Waals surface area contributed by atoms with Gasteiger partial charge in [-0.2, -0.15) is 0 Å². The molecule has 1 aliphatic heterocycles. The third kappa shape index (κ3) is 4.19. The van der Waals surface area contributed by atoms with Crippen molar-refractivity contribution in [2.45, 2.75) is 25.3 Å². The molecule has 1 unspecified atom stereocenters. The van der Waals surface area contributed by atoms with Crippen LogP contribution in [0.5, 0.6) is 0 Å². The van der Waals surface area contributed by atoms with Gasteiger partial charge in [-0.1, -0.05) is 17.7 Å². The number of hydrogen-bond acceptors (Lipinski definition) is 3. The van der Waals surface area contributed by atoms with Crippen molar-refractivity contribution in [1.29, 1.82) is 0 Å². The fourth-order valence-electron chi connectivity index (χ4n) is 2.51. The molecule has 0 radical (unpaired) electrons. The first-order valence-corrected chi connectivity index (χ1v) is 7.43. The molecule has 1 aliphatic rings. The van der Waals surface area contributed by atoms with Crippen molar-refractivity contribution in [3.8, 4) is 0 Å². The van der Waals surface area contributed by atoms with E-state index in [0.29, 0.717) is 17.1 Å². The summed E-state index contributed by atoms with van der Waals surface area (Å²) in [4.78, 5) is 25.7. The second-order valence-corrected chi connectivity index (χ2v) is 5.55. The van der Waals surface area contributed by atoms with Crippen LogP contribution < -0.4 is 5.32 Å². The quantitative estimate of drug-likeness (QED) is 0.884. The number of aliphatic hydroxyl groups is 1. The van der Waals surface area contributed by atoms with Gasteiger partial charge in [-0.3, -0.25) is 9.59 Å². The van der Waals surface area contributed by atoms with Crippen LogP contribution in [0.3, 0.4) is 0 Å². The summed E-state index contributed by atoms with van der Waals surface area (Å²) in [5.74, 6) is -0.493. The average molecular weight is 311 g/mol. The van der Waals surface area contributed by atoms with Crippen LogP contribution in [0.25, 0.3) is 0 Å². The Morgan fingerprint density at radius 2 is 2.19 bits per heavy atom. The van der Waals surface area contributed by atoms with Crippen LogP contribution >= 0.6 is 11.6 Å². The molecule has 1 atom stereocenters. The number of benzene rings is 1. The lowest BCUT2D eigenvalue weighted by Gasteiger charge is -2.34. The van der Waals surface area contributed by atoms with Crippen molar-refractivity contribution in [2.75, 3.05) is 19.7 Å². The van der Waals surface area contributed by atoms with Crippen LogP contribution in [0.2, 0.25) is 5.02 Å². The summed E-state index contributed by atoms with van der Waals surface area (Å²) in [6.45, 7) is 0.535. The van der Waals surface area contributed by atoms with Crippen molar-refractivity contribution in [3.05, 3.63) is 34.9 Å².